The van der Waals surface area contributed by atoms with Crippen molar-refractivity contribution < 1.29 is 18.0 Å². The lowest BCUT2D eigenvalue weighted by molar-refractivity contribution is -0.138. The molecule has 20 heavy (non-hydrogen) atoms. The Bertz CT molecular complexity index is 519. The molecule has 1 aliphatic rings. The predicted molar refractivity (Wildman–Crippen MR) is 72.5 cm³/mol. The zero-order valence-electron chi connectivity index (χ0n) is 10.8. The molecular formula is C13H14BrF3N2O. The van der Waals surface area contributed by atoms with Crippen molar-refractivity contribution in [3.63, 3.8) is 0 Å². The van der Waals surface area contributed by atoms with Gasteiger partial charge in [0.25, 0.3) is 5.91 Å². The molecule has 1 fully saturated rings. The molecular weight excluding hydrogens is 337 g/mol. The highest BCUT2D eigenvalue weighted by molar-refractivity contribution is 9.10. The molecule has 1 amide bonds. The predicted octanol–water partition coefficient (Wildman–Crippen LogP) is 2.90. The van der Waals surface area contributed by atoms with Gasteiger partial charge in [-0.05, 0) is 25.1 Å². The lowest BCUT2D eigenvalue weighted by Crippen LogP contribution is -2.51. The molecule has 1 N–H and O–H groups in total. The maximum absolute atomic E-state index is 12.8. The van der Waals surface area contributed by atoms with E-state index in [1.807, 2.05) is 6.92 Å². The van der Waals surface area contributed by atoms with Crippen LogP contribution in [0, 0.1) is 0 Å². The summed E-state index contributed by atoms with van der Waals surface area (Å²) >= 11 is 2.87. The van der Waals surface area contributed by atoms with Gasteiger partial charge in [-0.2, -0.15) is 13.2 Å². The molecule has 3 nitrogen and oxygen atoms in total. The lowest BCUT2D eigenvalue weighted by atomic mass is 10.1. The number of alkyl halides is 3. The highest BCUT2D eigenvalue weighted by Gasteiger charge is 2.34. The number of rotatable bonds is 1. The third kappa shape index (κ3) is 3.32. The van der Waals surface area contributed by atoms with Crippen molar-refractivity contribution in [3.8, 4) is 0 Å². The highest BCUT2D eigenvalue weighted by atomic mass is 79.9. The van der Waals surface area contributed by atoms with Gasteiger partial charge in [-0.15, -0.1) is 0 Å². The van der Waals surface area contributed by atoms with Gasteiger partial charge in [0.2, 0.25) is 0 Å². The molecule has 1 heterocycles. The zero-order valence-corrected chi connectivity index (χ0v) is 12.4. The van der Waals surface area contributed by atoms with Crippen LogP contribution in [0.1, 0.15) is 22.8 Å². The summed E-state index contributed by atoms with van der Waals surface area (Å²) in [6, 6.07) is 3.72. The van der Waals surface area contributed by atoms with Crippen LogP contribution >= 0.6 is 15.9 Å². The number of carbonyl (C=O) groups excluding carboxylic acids is 1. The molecule has 1 aromatic rings. The molecule has 0 spiro atoms. The quantitative estimate of drug-likeness (QED) is 0.844. The van der Waals surface area contributed by atoms with Gasteiger partial charge in [-0.1, -0.05) is 15.9 Å². The first-order valence-electron chi connectivity index (χ1n) is 6.18. The highest BCUT2D eigenvalue weighted by Crippen LogP contribution is 2.35. The van der Waals surface area contributed by atoms with Crippen LogP contribution in [0.15, 0.2) is 22.7 Å². The number of hydrogen-bond acceptors (Lipinski definition) is 2. The van der Waals surface area contributed by atoms with E-state index in [4.69, 9.17) is 0 Å². The fourth-order valence-electron chi connectivity index (χ4n) is 2.17. The van der Waals surface area contributed by atoms with Crippen LogP contribution in [-0.2, 0) is 6.18 Å². The average Bonchev–Trinajstić information content (AvgIpc) is 2.37. The molecule has 7 heteroatoms. The maximum atomic E-state index is 12.8. The smallest absolute Gasteiger partial charge is 0.336 e. The Labute approximate surface area is 123 Å². The van der Waals surface area contributed by atoms with Gasteiger partial charge in [0, 0.05) is 35.7 Å². The van der Waals surface area contributed by atoms with Crippen LogP contribution in [-0.4, -0.2) is 36.5 Å². The molecule has 0 bridgehead atoms. The molecule has 110 valence electrons. The van der Waals surface area contributed by atoms with Gasteiger partial charge in [0.1, 0.15) is 0 Å². The SMILES string of the molecule is C[C@@H]1CN(C(=O)c2ccc(Br)c(C(F)(F)F)c2)CCN1. The van der Waals surface area contributed by atoms with Gasteiger partial charge in [0.15, 0.2) is 0 Å². The summed E-state index contributed by atoms with van der Waals surface area (Å²) in [5, 5.41) is 3.18. The van der Waals surface area contributed by atoms with Gasteiger partial charge >= 0.3 is 6.18 Å². The molecule has 2 rings (SSSR count). The summed E-state index contributed by atoms with van der Waals surface area (Å²) in [6.07, 6.45) is -4.48. The number of hydrogen-bond donors (Lipinski definition) is 1. The zero-order chi connectivity index (χ0) is 14.9. The maximum Gasteiger partial charge on any atom is 0.417 e. The third-order valence-electron chi connectivity index (χ3n) is 3.17. The van der Waals surface area contributed by atoms with Crippen molar-refractivity contribution in [1.29, 1.82) is 0 Å². The summed E-state index contributed by atoms with van der Waals surface area (Å²) in [5.74, 6) is -0.364. The van der Waals surface area contributed by atoms with Crippen molar-refractivity contribution in [3.05, 3.63) is 33.8 Å². The summed E-state index contributed by atoms with van der Waals surface area (Å²) in [6.45, 7) is 3.58. The van der Waals surface area contributed by atoms with Crippen molar-refractivity contribution in [1.82, 2.24) is 10.2 Å². The molecule has 0 unspecified atom stereocenters. The first kappa shape index (κ1) is 15.3. The van der Waals surface area contributed by atoms with Crippen LogP contribution in [0.3, 0.4) is 0 Å². The second-order valence-corrected chi connectivity index (χ2v) is 5.65. The number of carbonyl (C=O) groups is 1. The van der Waals surface area contributed by atoms with Crippen molar-refractivity contribution in [2.24, 2.45) is 0 Å². The fourth-order valence-corrected chi connectivity index (χ4v) is 2.65. The number of halogens is 4. The number of benzene rings is 1. The number of nitrogens with one attached hydrogen (secondary N) is 1. The monoisotopic (exact) mass is 350 g/mol. The average molecular weight is 351 g/mol. The van der Waals surface area contributed by atoms with Gasteiger partial charge in [-0.25, -0.2) is 0 Å². The van der Waals surface area contributed by atoms with E-state index >= 15 is 0 Å². The van der Waals surface area contributed by atoms with E-state index in [-0.39, 0.29) is 22.0 Å². The van der Waals surface area contributed by atoms with Gasteiger partial charge in [0.05, 0.1) is 5.56 Å². The molecule has 0 saturated carbocycles. The number of piperazine rings is 1. The van der Waals surface area contributed by atoms with Crippen molar-refractivity contribution in [2.45, 2.75) is 19.1 Å². The van der Waals surface area contributed by atoms with E-state index in [0.29, 0.717) is 19.6 Å². The summed E-state index contributed by atoms with van der Waals surface area (Å²) < 4.78 is 38.4. The standard InChI is InChI=1S/C13H14BrF3N2O/c1-8-7-19(5-4-18-8)12(20)9-2-3-11(14)10(6-9)13(15,16)17/h2-3,6,8,18H,4-5,7H2,1H3/t8-/m1/s1. The lowest BCUT2D eigenvalue weighted by Gasteiger charge is -2.32. The molecule has 0 radical (unpaired) electrons. The van der Waals surface area contributed by atoms with Crippen LogP contribution in [0.2, 0.25) is 0 Å². The van der Waals surface area contributed by atoms with Gasteiger partial charge < -0.3 is 10.2 Å². The Balaban J connectivity index is 2.26. The van der Waals surface area contributed by atoms with E-state index < -0.39 is 11.7 Å². The minimum absolute atomic E-state index is 0.0600. The van der Waals surface area contributed by atoms with Crippen LogP contribution in [0.25, 0.3) is 0 Å². The van der Waals surface area contributed by atoms with Crippen LogP contribution < -0.4 is 5.32 Å². The molecule has 1 saturated heterocycles. The molecule has 1 atom stereocenters. The van der Waals surface area contributed by atoms with E-state index in [2.05, 4.69) is 21.2 Å². The second-order valence-electron chi connectivity index (χ2n) is 4.80. The van der Waals surface area contributed by atoms with Crippen molar-refractivity contribution >= 4 is 21.8 Å². The fraction of sp³-hybridized carbons (Fsp3) is 0.462. The minimum Gasteiger partial charge on any atom is -0.336 e. The second kappa shape index (κ2) is 5.73. The summed E-state index contributed by atoms with van der Waals surface area (Å²) in [4.78, 5) is 13.8. The summed E-state index contributed by atoms with van der Waals surface area (Å²) in [5.41, 5.74) is -0.763. The molecule has 0 aromatic heterocycles. The Morgan fingerprint density at radius 3 is 2.75 bits per heavy atom. The van der Waals surface area contributed by atoms with Gasteiger partial charge in [-0.3, -0.25) is 4.79 Å². The Morgan fingerprint density at radius 2 is 2.15 bits per heavy atom. The van der Waals surface area contributed by atoms with E-state index in [9.17, 15) is 18.0 Å². The minimum atomic E-state index is -4.48. The third-order valence-corrected chi connectivity index (χ3v) is 3.87. The number of nitrogens with zero attached hydrogens (tertiary/aromatic N) is 1. The Morgan fingerprint density at radius 1 is 1.45 bits per heavy atom. The van der Waals surface area contributed by atoms with E-state index in [0.717, 1.165) is 6.07 Å². The first-order valence-corrected chi connectivity index (χ1v) is 6.97. The van der Waals surface area contributed by atoms with Crippen molar-refractivity contribution in [2.75, 3.05) is 19.6 Å². The van der Waals surface area contributed by atoms with E-state index in [1.165, 1.54) is 12.1 Å². The molecule has 1 aromatic carbocycles. The number of amides is 1. The molecule has 0 aliphatic carbocycles. The van der Waals surface area contributed by atoms with Crippen LogP contribution in [0.5, 0.6) is 0 Å². The Hall–Kier alpha value is -1.08. The van der Waals surface area contributed by atoms with E-state index in [1.54, 1.807) is 4.90 Å². The Kier molecular flexibility index (Phi) is 4.39. The largest absolute Gasteiger partial charge is 0.417 e. The summed E-state index contributed by atoms with van der Waals surface area (Å²) in [7, 11) is 0. The topological polar surface area (TPSA) is 32.3 Å². The van der Waals surface area contributed by atoms with Crippen LogP contribution in [0.4, 0.5) is 13.2 Å². The first-order chi connectivity index (χ1) is 9.29. The molecule has 1 aliphatic heterocycles. The normalized spacial score (nSPS) is 20.1.